The van der Waals surface area contributed by atoms with E-state index in [0.717, 1.165) is 6.07 Å². The molecule has 1 atom stereocenters. The van der Waals surface area contributed by atoms with Crippen LogP contribution in [0.5, 0.6) is 0 Å². The predicted octanol–water partition coefficient (Wildman–Crippen LogP) is 2.89. The van der Waals surface area contributed by atoms with Gasteiger partial charge in [-0.05, 0) is 32.4 Å². The van der Waals surface area contributed by atoms with Crippen molar-refractivity contribution in [3.05, 3.63) is 57.7 Å². The number of carboxylic acid groups (broad SMARTS) is 1. The molecule has 25 heavy (non-hydrogen) atoms. The molecule has 0 saturated carbocycles. The van der Waals surface area contributed by atoms with Crippen LogP contribution in [-0.2, 0) is 20.0 Å². The second-order valence-corrected chi connectivity index (χ2v) is 6.55. The van der Waals surface area contributed by atoms with E-state index in [1.54, 1.807) is 6.92 Å². The van der Waals surface area contributed by atoms with E-state index in [-0.39, 0.29) is 28.9 Å². The van der Waals surface area contributed by atoms with Crippen LogP contribution in [0.15, 0.2) is 40.7 Å². The number of benzene rings is 1. The number of rotatable bonds is 3. The first-order valence-electron chi connectivity index (χ1n) is 7.72. The highest BCUT2D eigenvalue weighted by atomic mass is 19.1. The molecule has 7 heteroatoms. The van der Waals surface area contributed by atoms with Crippen LogP contribution in [-0.4, -0.2) is 23.7 Å². The van der Waals surface area contributed by atoms with Gasteiger partial charge in [-0.1, -0.05) is 12.1 Å². The molecule has 2 N–H and O–H groups in total. The van der Waals surface area contributed by atoms with Crippen molar-refractivity contribution in [3.8, 4) is 0 Å². The summed E-state index contributed by atoms with van der Waals surface area (Å²) in [7, 11) is 0. The normalized spacial score (nSPS) is 20.4. The number of allylic oxidation sites excluding steroid dienone is 1. The fourth-order valence-electron chi connectivity index (χ4n) is 3.47. The van der Waals surface area contributed by atoms with Gasteiger partial charge in [0.2, 0.25) is 0 Å². The van der Waals surface area contributed by atoms with E-state index in [4.69, 9.17) is 4.74 Å². The van der Waals surface area contributed by atoms with E-state index in [2.05, 4.69) is 5.32 Å². The predicted molar refractivity (Wildman–Crippen MR) is 84.7 cm³/mol. The van der Waals surface area contributed by atoms with Crippen LogP contribution in [0.25, 0.3) is 0 Å². The van der Waals surface area contributed by atoms with Crippen LogP contribution in [0.1, 0.15) is 37.8 Å². The standard InChI is InChI=1S/C18H17F2NO4/c1-8-12(16(22)23)13(14-11(21-8)7-25-17(14)24)9-5-4-6-10(19)15(9)18(2,3)20/h4-6,13,21H,7H2,1-3H3,(H,22,23)/t13-/m0/s1. The Labute approximate surface area is 143 Å². The molecule has 2 heterocycles. The molecule has 2 aliphatic heterocycles. The van der Waals surface area contributed by atoms with Gasteiger partial charge in [-0.3, -0.25) is 0 Å². The SMILES string of the molecule is CC1=C(C(=O)O)[C@H](c2cccc(F)c2C(C)(C)F)C2=C(COC2=O)N1. The molecule has 0 aromatic heterocycles. The molecule has 1 aromatic carbocycles. The number of carbonyl (C=O) groups is 2. The Hall–Kier alpha value is -2.70. The summed E-state index contributed by atoms with van der Waals surface area (Å²) in [6.45, 7) is 3.89. The van der Waals surface area contributed by atoms with Crippen molar-refractivity contribution in [2.24, 2.45) is 0 Å². The van der Waals surface area contributed by atoms with Gasteiger partial charge >= 0.3 is 11.9 Å². The molecule has 132 valence electrons. The van der Waals surface area contributed by atoms with Gasteiger partial charge in [0.25, 0.3) is 0 Å². The highest BCUT2D eigenvalue weighted by molar-refractivity contribution is 6.00. The molecule has 0 saturated heterocycles. The largest absolute Gasteiger partial charge is 0.478 e. The van der Waals surface area contributed by atoms with Crippen molar-refractivity contribution >= 4 is 11.9 Å². The number of nitrogens with one attached hydrogen (secondary N) is 1. The summed E-state index contributed by atoms with van der Waals surface area (Å²) in [6, 6.07) is 3.93. The van der Waals surface area contributed by atoms with Crippen LogP contribution in [0, 0.1) is 5.82 Å². The summed E-state index contributed by atoms with van der Waals surface area (Å²) >= 11 is 0. The minimum absolute atomic E-state index is 0.0292. The van der Waals surface area contributed by atoms with E-state index in [9.17, 15) is 23.5 Å². The topological polar surface area (TPSA) is 75.6 Å². The summed E-state index contributed by atoms with van der Waals surface area (Å²) in [4.78, 5) is 24.0. The molecule has 0 aliphatic carbocycles. The summed E-state index contributed by atoms with van der Waals surface area (Å²) in [5.41, 5.74) is -1.54. The molecular formula is C18H17F2NO4. The number of hydrogen-bond donors (Lipinski definition) is 2. The van der Waals surface area contributed by atoms with E-state index < -0.39 is 29.3 Å². The first-order valence-corrected chi connectivity index (χ1v) is 7.72. The highest BCUT2D eigenvalue weighted by Gasteiger charge is 2.44. The van der Waals surface area contributed by atoms with Gasteiger partial charge in [0, 0.05) is 11.3 Å². The number of ether oxygens (including phenoxy) is 1. The zero-order valence-electron chi connectivity index (χ0n) is 13.9. The molecule has 5 nitrogen and oxygen atoms in total. The first-order chi connectivity index (χ1) is 11.6. The maximum absolute atomic E-state index is 14.7. The molecule has 0 radical (unpaired) electrons. The molecular weight excluding hydrogens is 332 g/mol. The smallest absolute Gasteiger partial charge is 0.337 e. The van der Waals surface area contributed by atoms with E-state index in [1.165, 1.54) is 26.0 Å². The summed E-state index contributed by atoms with van der Waals surface area (Å²) < 4.78 is 34.1. The minimum atomic E-state index is -2.06. The van der Waals surface area contributed by atoms with Gasteiger partial charge in [0.1, 0.15) is 18.1 Å². The second-order valence-electron chi connectivity index (χ2n) is 6.55. The van der Waals surface area contributed by atoms with E-state index in [1.807, 2.05) is 0 Å². The molecule has 1 aromatic rings. The maximum Gasteiger partial charge on any atom is 0.337 e. The lowest BCUT2D eigenvalue weighted by molar-refractivity contribution is -0.136. The van der Waals surface area contributed by atoms with Gasteiger partial charge in [-0.15, -0.1) is 0 Å². The van der Waals surface area contributed by atoms with Crippen molar-refractivity contribution in [2.75, 3.05) is 6.61 Å². The lowest BCUT2D eigenvalue weighted by atomic mass is 9.76. The summed E-state index contributed by atoms with van der Waals surface area (Å²) in [6.07, 6.45) is 0. The summed E-state index contributed by atoms with van der Waals surface area (Å²) in [5.74, 6) is -3.86. The quantitative estimate of drug-likeness (QED) is 0.821. The Kier molecular flexibility index (Phi) is 3.89. The molecule has 0 unspecified atom stereocenters. The molecule has 0 bridgehead atoms. The van der Waals surface area contributed by atoms with Gasteiger partial charge in [-0.25, -0.2) is 18.4 Å². The number of alkyl halides is 1. The fraction of sp³-hybridized carbons (Fsp3) is 0.333. The number of dihydropyridines is 1. The van der Waals surface area contributed by atoms with Gasteiger partial charge in [-0.2, -0.15) is 0 Å². The zero-order valence-corrected chi connectivity index (χ0v) is 13.9. The monoisotopic (exact) mass is 349 g/mol. The van der Waals surface area contributed by atoms with Crippen molar-refractivity contribution in [3.63, 3.8) is 0 Å². The van der Waals surface area contributed by atoms with E-state index in [0.29, 0.717) is 11.4 Å². The van der Waals surface area contributed by atoms with Crippen LogP contribution in [0.4, 0.5) is 8.78 Å². The van der Waals surface area contributed by atoms with Crippen LogP contribution in [0.3, 0.4) is 0 Å². The lowest BCUT2D eigenvalue weighted by Crippen LogP contribution is -2.31. The number of cyclic esters (lactones) is 1. The maximum atomic E-state index is 14.7. The Morgan fingerprint density at radius 3 is 2.68 bits per heavy atom. The third-order valence-electron chi connectivity index (χ3n) is 4.39. The van der Waals surface area contributed by atoms with Crippen molar-refractivity contribution in [2.45, 2.75) is 32.4 Å². The number of carbonyl (C=O) groups excluding carboxylic acids is 1. The molecule has 0 spiro atoms. The average Bonchev–Trinajstić information content (AvgIpc) is 2.84. The number of halogens is 2. The molecule has 2 aliphatic rings. The van der Waals surface area contributed by atoms with Crippen LogP contribution in [0.2, 0.25) is 0 Å². The number of carboxylic acids is 1. The number of esters is 1. The van der Waals surface area contributed by atoms with Gasteiger partial charge in [0.15, 0.2) is 0 Å². The van der Waals surface area contributed by atoms with E-state index >= 15 is 0 Å². The third-order valence-corrected chi connectivity index (χ3v) is 4.39. The van der Waals surface area contributed by atoms with Crippen molar-refractivity contribution in [1.82, 2.24) is 5.32 Å². The number of aliphatic carboxylic acids is 1. The Bertz CT molecular complexity index is 847. The van der Waals surface area contributed by atoms with Crippen molar-refractivity contribution in [1.29, 1.82) is 0 Å². The van der Waals surface area contributed by atoms with Gasteiger partial charge in [0.05, 0.1) is 22.8 Å². The average molecular weight is 349 g/mol. The molecule has 0 amide bonds. The number of hydrogen-bond acceptors (Lipinski definition) is 4. The summed E-state index contributed by atoms with van der Waals surface area (Å²) in [5, 5.41) is 12.5. The second kappa shape index (κ2) is 5.68. The highest BCUT2D eigenvalue weighted by Crippen LogP contribution is 2.45. The van der Waals surface area contributed by atoms with Gasteiger partial charge < -0.3 is 15.2 Å². The minimum Gasteiger partial charge on any atom is -0.478 e. The first kappa shape index (κ1) is 17.1. The third kappa shape index (κ3) is 2.69. The molecule has 0 fully saturated rings. The van der Waals surface area contributed by atoms with Crippen LogP contribution < -0.4 is 5.32 Å². The Morgan fingerprint density at radius 2 is 2.08 bits per heavy atom. The lowest BCUT2D eigenvalue weighted by Gasteiger charge is -2.30. The Morgan fingerprint density at radius 1 is 1.40 bits per heavy atom. The van der Waals surface area contributed by atoms with Crippen LogP contribution >= 0.6 is 0 Å². The molecule has 3 rings (SSSR count). The van der Waals surface area contributed by atoms with Crippen molar-refractivity contribution < 1.29 is 28.2 Å². The Balaban J connectivity index is 2.32. The fourth-order valence-corrected chi connectivity index (χ4v) is 3.47. The zero-order chi connectivity index (χ0) is 18.5.